The monoisotopic (exact) mass is 350 g/mol. The highest BCUT2D eigenvalue weighted by Gasteiger charge is 2.12. The van der Waals surface area contributed by atoms with Crippen LogP contribution >= 0.6 is 23.2 Å². The zero-order chi connectivity index (χ0) is 16.4. The van der Waals surface area contributed by atoms with Gasteiger partial charge >= 0.3 is 0 Å². The van der Waals surface area contributed by atoms with Crippen LogP contribution in [0.4, 0.5) is 5.95 Å². The Morgan fingerprint density at radius 2 is 2.09 bits per heavy atom. The minimum Gasteiger partial charge on any atom is -0.288 e. The van der Waals surface area contributed by atoms with Crippen LogP contribution in [0, 0.1) is 0 Å². The lowest BCUT2D eigenvalue weighted by Gasteiger charge is -2.03. The Morgan fingerprint density at radius 1 is 1.26 bits per heavy atom. The lowest BCUT2D eigenvalue weighted by atomic mass is 10.2. The van der Waals surface area contributed by atoms with E-state index < -0.39 is 0 Å². The van der Waals surface area contributed by atoms with Gasteiger partial charge < -0.3 is 0 Å². The molecule has 0 bridgehead atoms. The van der Waals surface area contributed by atoms with E-state index in [9.17, 15) is 4.79 Å². The Hall–Kier alpha value is -2.38. The molecule has 0 fully saturated rings. The number of amides is 1. The molecule has 0 unspecified atom stereocenters. The number of aryl methyl sites for hydroxylation is 1. The first-order valence-corrected chi connectivity index (χ1v) is 7.41. The van der Waals surface area contributed by atoms with Crippen LogP contribution in [0.2, 0.25) is 10.0 Å². The van der Waals surface area contributed by atoms with Gasteiger partial charge in [0.1, 0.15) is 12.0 Å². The molecule has 3 aromatic rings. The van der Waals surface area contributed by atoms with Crippen molar-refractivity contribution in [3.05, 3.63) is 58.1 Å². The van der Waals surface area contributed by atoms with Crippen molar-refractivity contribution in [3.8, 4) is 0 Å². The number of hydrogen-bond acceptors (Lipinski definition) is 4. The Bertz CT molecular complexity index is 857. The minimum absolute atomic E-state index is 0.219. The number of nitrogens with zero attached hydrogens (tertiary/aromatic N) is 5. The van der Waals surface area contributed by atoms with Gasteiger partial charge in [-0.2, -0.15) is 5.10 Å². The van der Waals surface area contributed by atoms with Crippen LogP contribution in [0.5, 0.6) is 0 Å². The predicted octanol–water partition coefficient (Wildman–Crippen LogP) is 2.62. The molecule has 0 radical (unpaired) electrons. The number of carbonyl (C=O) groups excluding carboxylic acids is 1. The average Bonchev–Trinajstić information content (AvgIpc) is 3.12. The summed E-state index contributed by atoms with van der Waals surface area (Å²) in [5, 5.41) is 11.7. The molecule has 9 heteroatoms. The quantitative estimate of drug-likeness (QED) is 0.784. The van der Waals surface area contributed by atoms with Gasteiger partial charge in [0.05, 0.1) is 16.6 Å². The number of halogens is 2. The molecule has 1 amide bonds. The Morgan fingerprint density at radius 3 is 2.78 bits per heavy atom. The highest BCUT2D eigenvalue weighted by molar-refractivity contribution is 6.42. The van der Waals surface area contributed by atoms with Gasteiger partial charge in [-0.15, -0.1) is 5.10 Å². The summed E-state index contributed by atoms with van der Waals surface area (Å²) in [4.78, 5) is 16.1. The highest BCUT2D eigenvalue weighted by atomic mass is 35.5. The first-order chi connectivity index (χ1) is 11.0. The molecular weight excluding hydrogens is 339 g/mol. The Balaban J connectivity index is 1.69. The molecule has 3 rings (SSSR count). The zero-order valence-electron chi connectivity index (χ0n) is 12.1. The molecular formula is C14H12Cl2N6O. The van der Waals surface area contributed by atoms with Crippen LogP contribution in [0.25, 0.3) is 0 Å². The van der Waals surface area contributed by atoms with Gasteiger partial charge in [-0.3, -0.25) is 14.8 Å². The standard InChI is InChI=1S/C14H12Cl2N6O/c1-21-12(4-5-18-21)13(23)19-14-17-8-22(20-14)7-9-2-3-10(15)11(16)6-9/h2-6,8H,7H2,1H3,(H,19,20,23). The minimum atomic E-state index is -0.322. The van der Waals surface area contributed by atoms with E-state index in [4.69, 9.17) is 23.2 Å². The van der Waals surface area contributed by atoms with E-state index in [2.05, 4.69) is 20.5 Å². The third-order valence-electron chi connectivity index (χ3n) is 3.14. The van der Waals surface area contributed by atoms with Crippen LogP contribution in [-0.4, -0.2) is 30.5 Å². The van der Waals surface area contributed by atoms with Gasteiger partial charge in [0.15, 0.2) is 0 Å². The van der Waals surface area contributed by atoms with Crippen molar-refractivity contribution < 1.29 is 4.79 Å². The molecule has 7 nitrogen and oxygen atoms in total. The second-order valence-corrected chi connectivity index (χ2v) is 5.62. The number of anilines is 1. The Labute approximate surface area is 141 Å². The molecule has 23 heavy (non-hydrogen) atoms. The topological polar surface area (TPSA) is 77.6 Å². The maximum Gasteiger partial charge on any atom is 0.276 e. The summed E-state index contributed by atoms with van der Waals surface area (Å²) in [5.41, 5.74) is 1.35. The van der Waals surface area contributed by atoms with E-state index in [0.717, 1.165) is 5.56 Å². The van der Waals surface area contributed by atoms with Crippen LogP contribution in [0.1, 0.15) is 16.1 Å². The molecule has 0 aliphatic rings. The first-order valence-electron chi connectivity index (χ1n) is 6.65. The number of aromatic nitrogens is 5. The van der Waals surface area contributed by atoms with Crippen LogP contribution in [0.15, 0.2) is 36.8 Å². The fourth-order valence-electron chi connectivity index (χ4n) is 2.02. The molecule has 0 saturated heterocycles. The molecule has 0 aliphatic carbocycles. The summed E-state index contributed by atoms with van der Waals surface area (Å²) in [6, 6.07) is 6.95. The third kappa shape index (κ3) is 3.52. The number of hydrogen-bond donors (Lipinski definition) is 1. The van der Waals surface area contributed by atoms with Crippen molar-refractivity contribution >= 4 is 35.1 Å². The number of carbonyl (C=O) groups is 1. The van der Waals surface area contributed by atoms with Crippen molar-refractivity contribution in [2.75, 3.05) is 5.32 Å². The number of benzene rings is 1. The molecule has 0 saturated carbocycles. The second-order valence-electron chi connectivity index (χ2n) is 4.81. The van der Waals surface area contributed by atoms with E-state index in [1.54, 1.807) is 36.1 Å². The maximum absolute atomic E-state index is 12.1. The fourth-order valence-corrected chi connectivity index (χ4v) is 2.34. The van der Waals surface area contributed by atoms with Gasteiger partial charge in [0, 0.05) is 13.2 Å². The second kappa shape index (κ2) is 6.39. The van der Waals surface area contributed by atoms with Crippen molar-refractivity contribution in [2.24, 2.45) is 7.05 Å². The molecule has 0 atom stereocenters. The maximum atomic E-state index is 12.1. The molecule has 2 heterocycles. The van der Waals surface area contributed by atoms with Crippen LogP contribution in [0.3, 0.4) is 0 Å². The lowest BCUT2D eigenvalue weighted by molar-refractivity contribution is 0.101. The molecule has 2 aromatic heterocycles. The van der Waals surface area contributed by atoms with E-state index in [1.165, 1.54) is 11.0 Å². The van der Waals surface area contributed by atoms with Crippen molar-refractivity contribution in [2.45, 2.75) is 6.54 Å². The summed E-state index contributed by atoms with van der Waals surface area (Å²) >= 11 is 11.9. The molecule has 1 aromatic carbocycles. The predicted molar refractivity (Wildman–Crippen MR) is 86.7 cm³/mol. The van der Waals surface area contributed by atoms with Crippen molar-refractivity contribution in [1.82, 2.24) is 24.5 Å². The molecule has 118 valence electrons. The van der Waals surface area contributed by atoms with Crippen LogP contribution < -0.4 is 5.32 Å². The van der Waals surface area contributed by atoms with Gasteiger partial charge in [-0.05, 0) is 23.8 Å². The van der Waals surface area contributed by atoms with Crippen LogP contribution in [-0.2, 0) is 13.6 Å². The summed E-state index contributed by atoms with van der Waals surface area (Å²) in [5.74, 6) is -0.103. The highest BCUT2D eigenvalue weighted by Crippen LogP contribution is 2.22. The normalized spacial score (nSPS) is 10.7. The molecule has 1 N–H and O–H groups in total. The number of rotatable bonds is 4. The average molecular weight is 351 g/mol. The smallest absolute Gasteiger partial charge is 0.276 e. The summed E-state index contributed by atoms with van der Waals surface area (Å²) in [6.07, 6.45) is 3.08. The summed E-state index contributed by atoms with van der Waals surface area (Å²) < 4.78 is 3.07. The number of nitrogens with one attached hydrogen (secondary N) is 1. The largest absolute Gasteiger partial charge is 0.288 e. The first kappa shape index (κ1) is 15.5. The van der Waals surface area contributed by atoms with E-state index >= 15 is 0 Å². The SMILES string of the molecule is Cn1nccc1C(=O)Nc1ncn(Cc2ccc(Cl)c(Cl)c2)n1. The van der Waals surface area contributed by atoms with Crippen molar-refractivity contribution in [1.29, 1.82) is 0 Å². The van der Waals surface area contributed by atoms with E-state index in [1.807, 2.05) is 6.07 Å². The zero-order valence-corrected chi connectivity index (χ0v) is 13.6. The Kier molecular flexibility index (Phi) is 4.31. The third-order valence-corrected chi connectivity index (χ3v) is 3.88. The lowest BCUT2D eigenvalue weighted by Crippen LogP contribution is -2.17. The van der Waals surface area contributed by atoms with Crippen molar-refractivity contribution in [3.63, 3.8) is 0 Å². The summed E-state index contributed by atoms with van der Waals surface area (Å²) in [7, 11) is 1.69. The molecule has 0 aliphatic heterocycles. The summed E-state index contributed by atoms with van der Waals surface area (Å²) in [6.45, 7) is 0.464. The molecule has 0 spiro atoms. The van der Waals surface area contributed by atoms with Gasteiger partial charge in [-0.1, -0.05) is 29.3 Å². The van der Waals surface area contributed by atoms with Gasteiger partial charge in [-0.25, -0.2) is 9.67 Å². The van der Waals surface area contributed by atoms with E-state index in [0.29, 0.717) is 22.3 Å². The van der Waals surface area contributed by atoms with E-state index in [-0.39, 0.29) is 11.9 Å². The van der Waals surface area contributed by atoms with Gasteiger partial charge in [0.25, 0.3) is 5.91 Å². The fraction of sp³-hybridized carbons (Fsp3) is 0.143. The van der Waals surface area contributed by atoms with Gasteiger partial charge in [0.2, 0.25) is 5.95 Å².